The van der Waals surface area contributed by atoms with Crippen LogP contribution in [0.5, 0.6) is 0 Å². The molecule has 0 aromatic carbocycles. The third-order valence-electron chi connectivity index (χ3n) is 9.70. The maximum atomic E-state index is 17.3. The number of Topliss-reactive ketones (excluding diaryl/α,β-unsaturated/α-hetero) is 1. The van der Waals surface area contributed by atoms with Crippen molar-refractivity contribution in [3.63, 3.8) is 0 Å². The smallest absolute Gasteiger partial charge is 0.434 e. The molecule has 3 fully saturated rings. The van der Waals surface area contributed by atoms with Gasteiger partial charge in [0.2, 0.25) is 5.78 Å². The van der Waals surface area contributed by atoms with E-state index in [-0.39, 0.29) is 18.8 Å². The molecule has 0 amide bonds. The number of rotatable bonds is 6. The Morgan fingerprint density at radius 1 is 1.26 bits per heavy atom. The molecular weight excluding hydrogens is 455 g/mol. The summed E-state index contributed by atoms with van der Waals surface area (Å²) < 4.78 is 28.3. The van der Waals surface area contributed by atoms with Crippen LogP contribution in [0.4, 0.5) is 9.18 Å². The second-order valence-electron chi connectivity index (χ2n) is 11.3. The molecule has 0 aromatic heterocycles. The van der Waals surface area contributed by atoms with Gasteiger partial charge in [0.05, 0.1) is 12.7 Å². The van der Waals surface area contributed by atoms with Gasteiger partial charge in [-0.15, -0.1) is 0 Å². The van der Waals surface area contributed by atoms with Crippen molar-refractivity contribution < 1.29 is 38.5 Å². The van der Waals surface area contributed by atoms with E-state index in [1.807, 2.05) is 6.92 Å². The number of ketones is 2. The maximum Gasteiger partial charge on any atom is 0.509 e. The molecule has 8 atom stereocenters. The van der Waals surface area contributed by atoms with Gasteiger partial charge in [-0.1, -0.05) is 38.8 Å². The summed E-state index contributed by atoms with van der Waals surface area (Å²) in [6.45, 7) is 6.52. The van der Waals surface area contributed by atoms with Crippen molar-refractivity contribution in [3.05, 3.63) is 23.8 Å². The van der Waals surface area contributed by atoms with E-state index in [1.165, 1.54) is 12.2 Å². The van der Waals surface area contributed by atoms with Crippen LogP contribution in [0.3, 0.4) is 0 Å². The van der Waals surface area contributed by atoms with E-state index in [0.717, 1.165) is 6.42 Å². The standard InChI is InChI=1S/C27H37FO7/c1-5-6-11-34-23(33)35-27(22(32)15-29)16(2)12-20-19-8-7-17-13-18(30)9-10-24(17,3)26(19,28)21(31)14-25(20,27)4/h9-10,13,16,19-21,29,31H,5-8,11-12,14-15H2,1-4H3/t16-,19+,20+,21+,24+,25+,26+,27+/m1/s1. The van der Waals surface area contributed by atoms with Crippen LogP contribution in [0, 0.1) is 28.6 Å². The number of ether oxygens (including phenoxy) is 2. The van der Waals surface area contributed by atoms with Crippen molar-refractivity contribution in [2.24, 2.45) is 28.6 Å². The highest BCUT2D eigenvalue weighted by molar-refractivity contribution is 6.01. The van der Waals surface area contributed by atoms with E-state index in [4.69, 9.17) is 9.47 Å². The van der Waals surface area contributed by atoms with Gasteiger partial charge in [-0.05, 0) is 57.1 Å². The monoisotopic (exact) mass is 492 g/mol. The SMILES string of the molecule is CCCCOC(=O)O[C@]1(C(=O)CO)[C@H](C)C[C@H]2[C@@H]3CCC4=CC(=O)C=C[C@]4(C)[C@@]3(F)[C@@H](O)C[C@@]21C. The molecule has 0 aromatic rings. The van der Waals surface area contributed by atoms with Gasteiger partial charge in [0.1, 0.15) is 6.61 Å². The van der Waals surface area contributed by atoms with E-state index in [1.54, 1.807) is 26.8 Å². The van der Waals surface area contributed by atoms with Crippen molar-refractivity contribution in [2.75, 3.05) is 13.2 Å². The number of aliphatic hydroxyl groups excluding tert-OH is 2. The van der Waals surface area contributed by atoms with Crippen molar-refractivity contribution in [2.45, 2.75) is 83.6 Å². The molecule has 0 unspecified atom stereocenters. The number of carbonyl (C=O) groups excluding carboxylic acids is 3. The summed E-state index contributed by atoms with van der Waals surface area (Å²) >= 11 is 0. The minimum atomic E-state index is -2.06. The average molecular weight is 493 g/mol. The van der Waals surface area contributed by atoms with Crippen molar-refractivity contribution in [3.8, 4) is 0 Å². The number of unbranched alkanes of at least 4 members (excludes halogenated alkanes) is 1. The first-order chi connectivity index (χ1) is 16.4. The fourth-order valence-electron chi connectivity index (χ4n) is 7.98. The molecule has 0 radical (unpaired) electrons. The first kappa shape index (κ1) is 26.0. The summed E-state index contributed by atoms with van der Waals surface area (Å²) in [6, 6.07) is 0. The number of hydrogen-bond acceptors (Lipinski definition) is 7. The predicted molar refractivity (Wildman–Crippen MR) is 125 cm³/mol. The van der Waals surface area contributed by atoms with Gasteiger partial charge in [-0.25, -0.2) is 9.18 Å². The number of alkyl halides is 1. The molecule has 2 N–H and O–H groups in total. The second kappa shape index (κ2) is 8.80. The molecule has 0 spiro atoms. The number of allylic oxidation sites excluding steroid dienone is 4. The normalized spacial score (nSPS) is 44.1. The Kier molecular flexibility index (Phi) is 6.54. The Morgan fingerprint density at radius 2 is 1.97 bits per heavy atom. The Morgan fingerprint density at radius 3 is 2.63 bits per heavy atom. The van der Waals surface area contributed by atoms with Gasteiger partial charge < -0.3 is 19.7 Å². The van der Waals surface area contributed by atoms with Crippen LogP contribution in [0.15, 0.2) is 23.8 Å². The molecule has 4 rings (SSSR count). The van der Waals surface area contributed by atoms with Gasteiger partial charge >= 0.3 is 6.16 Å². The number of fused-ring (bicyclic) bond motifs is 5. The molecule has 0 bridgehead atoms. The number of halogens is 1. The fraction of sp³-hybridized carbons (Fsp3) is 0.741. The first-order valence-electron chi connectivity index (χ1n) is 12.7. The van der Waals surface area contributed by atoms with E-state index < -0.39 is 64.5 Å². The fourth-order valence-corrected chi connectivity index (χ4v) is 7.98. The largest absolute Gasteiger partial charge is 0.509 e. The Labute approximate surface area is 205 Å². The van der Waals surface area contributed by atoms with Gasteiger partial charge in [0, 0.05) is 22.7 Å². The molecule has 7 nitrogen and oxygen atoms in total. The Bertz CT molecular complexity index is 975. The van der Waals surface area contributed by atoms with E-state index in [2.05, 4.69) is 0 Å². The summed E-state index contributed by atoms with van der Waals surface area (Å²) in [5.74, 6) is -2.39. The van der Waals surface area contributed by atoms with Crippen LogP contribution >= 0.6 is 0 Å². The van der Waals surface area contributed by atoms with Crippen LogP contribution < -0.4 is 0 Å². The number of hydrogen-bond donors (Lipinski definition) is 2. The Balaban J connectivity index is 1.76. The van der Waals surface area contributed by atoms with Crippen LogP contribution in [-0.4, -0.2) is 58.5 Å². The highest BCUT2D eigenvalue weighted by atomic mass is 19.1. The molecule has 0 aliphatic heterocycles. The summed E-state index contributed by atoms with van der Waals surface area (Å²) in [6.07, 6.45) is 4.56. The second-order valence-corrected chi connectivity index (χ2v) is 11.3. The lowest BCUT2D eigenvalue weighted by molar-refractivity contribution is -0.222. The summed E-state index contributed by atoms with van der Waals surface area (Å²) in [5, 5.41) is 21.4. The summed E-state index contributed by atoms with van der Waals surface area (Å²) in [4.78, 5) is 38.0. The lowest BCUT2D eigenvalue weighted by atomic mass is 9.44. The van der Waals surface area contributed by atoms with Gasteiger partial charge in [-0.3, -0.25) is 9.59 Å². The maximum absolute atomic E-state index is 17.3. The average Bonchev–Trinajstić information content (AvgIpc) is 3.02. The first-order valence-corrected chi connectivity index (χ1v) is 12.7. The molecule has 4 aliphatic carbocycles. The van der Waals surface area contributed by atoms with Crippen LogP contribution in [0.25, 0.3) is 0 Å². The highest BCUT2D eigenvalue weighted by Crippen LogP contribution is 2.71. The van der Waals surface area contributed by atoms with Crippen molar-refractivity contribution >= 4 is 17.7 Å². The third-order valence-corrected chi connectivity index (χ3v) is 9.70. The molecule has 3 saturated carbocycles. The van der Waals surface area contributed by atoms with E-state index >= 15 is 4.39 Å². The van der Waals surface area contributed by atoms with Crippen LogP contribution in [0.2, 0.25) is 0 Å². The Hall–Kier alpha value is -2.06. The molecule has 194 valence electrons. The number of aliphatic hydroxyl groups is 2. The third kappa shape index (κ3) is 3.39. The van der Waals surface area contributed by atoms with E-state index in [9.17, 15) is 24.6 Å². The zero-order chi connectivity index (χ0) is 25.8. The predicted octanol–water partition coefficient (Wildman–Crippen LogP) is 3.86. The topological polar surface area (TPSA) is 110 Å². The molecule has 8 heteroatoms. The highest BCUT2D eigenvalue weighted by Gasteiger charge is 2.77. The van der Waals surface area contributed by atoms with Crippen LogP contribution in [-0.2, 0) is 19.1 Å². The molecule has 4 aliphatic rings. The van der Waals surface area contributed by atoms with Gasteiger partial charge in [0.25, 0.3) is 0 Å². The minimum Gasteiger partial charge on any atom is -0.434 e. The lowest BCUT2D eigenvalue weighted by Crippen LogP contribution is -2.70. The number of carbonyl (C=O) groups is 3. The van der Waals surface area contributed by atoms with Crippen molar-refractivity contribution in [1.82, 2.24) is 0 Å². The minimum absolute atomic E-state index is 0.131. The summed E-state index contributed by atoms with van der Waals surface area (Å²) in [7, 11) is 0. The van der Waals surface area contributed by atoms with E-state index in [0.29, 0.717) is 31.3 Å². The lowest BCUT2D eigenvalue weighted by Gasteiger charge is -2.62. The van der Waals surface area contributed by atoms with Gasteiger partial charge in [-0.2, -0.15) is 0 Å². The summed E-state index contributed by atoms with van der Waals surface area (Å²) in [5.41, 5.74) is -5.39. The molecule has 0 saturated heterocycles. The zero-order valence-corrected chi connectivity index (χ0v) is 21.0. The molecule has 35 heavy (non-hydrogen) atoms. The van der Waals surface area contributed by atoms with Crippen LogP contribution in [0.1, 0.15) is 66.2 Å². The van der Waals surface area contributed by atoms with Gasteiger partial charge in [0.15, 0.2) is 17.1 Å². The van der Waals surface area contributed by atoms with Crippen molar-refractivity contribution in [1.29, 1.82) is 0 Å². The molecule has 0 heterocycles. The quantitative estimate of drug-likeness (QED) is 0.428. The zero-order valence-electron chi connectivity index (χ0n) is 21.0. The molecular formula is C27H37FO7.